The first-order valence-corrected chi connectivity index (χ1v) is 15.3. The smallest absolute Gasteiger partial charge is 0.258 e. The number of alkyl halides is 1. The van der Waals surface area contributed by atoms with E-state index in [1.165, 1.54) is 16.2 Å². The largest absolute Gasteiger partial charge is 0.493 e. The lowest BCUT2D eigenvalue weighted by Crippen LogP contribution is -2.59. The van der Waals surface area contributed by atoms with Crippen molar-refractivity contribution in [1.82, 2.24) is 20.5 Å². The summed E-state index contributed by atoms with van der Waals surface area (Å²) in [6, 6.07) is 3.79. The van der Waals surface area contributed by atoms with E-state index >= 15 is 0 Å². The van der Waals surface area contributed by atoms with Crippen molar-refractivity contribution in [2.24, 2.45) is 11.1 Å². The Morgan fingerprint density at radius 2 is 1.95 bits per heavy atom. The summed E-state index contributed by atoms with van der Waals surface area (Å²) in [5, 5.41) is 15.9. The summed E-state index contributed by atoms with van der Waals surface area (Å²) in [6.45, 7) is 8.38. The maximum atomic E-state index is 14.4. The molecule has 44 heavy (non-hydrogen) atoms. The molecule has 246 valence electrons. The van der Waals surface area contributed by atoms with Crippen molar-refractivity contribution in [3.8, 4) is 16.2 Å². The quantitative estimate of drug-likeness (QED) is 0.251. The number of hydrogen-bond acceptors (Lipinski definition) is 8. The number of amides is 3. The molecule has 0 radical (unpaired) electrons. The number of aromatic nitrogens is 1. The lowest BCUT2D eigenvalue weighted by molar-refractivity contribution is -0.145. The van der Waals surface area contributed by atoms with Crippen molar-refractivity contribution in [3.63, 3.8) is 0 Å². The van der Waals surface area contributed by atoms with Crippen molar-refractivity contribution in [2.45, 2.75) is 90.2 Å². The zero-order chi connectivity index (χ0) is 30.7. The molecule has 0 spiro atoms. The molecular weight excluding hydrogens is 632 g/mol. The number of thiazole rings is 1. The molecule has 0 bridgehead atoms. The van der Waals surface area contributed by atoms with E-state index in [2.05, 4.69) is 15.6 Å². The Kier molecular flexibility index (Phi) is 13.4. The SMILES string of the molecule is Cc1ncsc1-c1ccc(CNC(=O)C2CC(O)CN2C(=O)C(NC(=O)C2(F)CC2)C(C)(C)C)c(OCCCCN)c1.Cl.Cl. The Labute approximate surface area is 274 Å². The highest BCUT2D eigenvalue weighted by atomic mass is 35.5. The molecule has 2 aromatic rings. The van der Waals surface area contributed by atoms with Crippen LogP contribution in [0.3, 0.4) is 0 Å². The average Bonchev–Trinajstić information content (AvgIpc) is 3.35. The molecule has 2 heterocycles. The maximum Gasteiger partial charge on any atom is 0.258 e. The lowest BCUT2D eigenvalue weighted by Gasteiger charge is -2.35. The first kappa shape index (κ1) is 37.7. The molecule has 3 unspecified atom stereocenters. The minimum atomic E-state index is -1.94. The van der Waals surface area contributed by atoms with Crippen LogP contribution >= 0.6 is 36.2 Å². The second kappa shape index (κ2) is 15.7. The third-order valence-electron chi connectivity index (χ3n) is 7.73. The van der Waals surface area contributed by atoms with Crippen molar-refractivity contribution in [3.05, 3.63) is 35.0 Å². The number of hydrogen-bond donors (Lipinski definition) is 4. The number of nitrogens with zero attached hydrogens (tertiary/aromatic N) is 2. The number of aliphatic hydroxyl groups is 1. The van der Waals surface area contributed by atoms with Gasteiger partial charge in [-0.1, -0.05) is 32.9 Å². The van der Waals surface area contributed by atoms with Gasteiger partial charge in [-0.05, 0) is 56.2 Å². The molecular formula is C30H44Cl2FN5O5S. The number of nitrogens with two attached hydrogens (primary N) is 1. The van der Waals surface area contributed by atoms with Gasteiger partial charge in [0, 0.05) is 25.1 Å². The van der Waals surface area contributed by atoms with E-state index in [0.717, 1.165) is 34.5 Å². The summed E-state index contributed by atoms with van der Waals surface area (Å²) in [7, 11) is 0. The minimum Gasteiger partial charge on any atom is -0.493 e. The van der Waals surface area contributed by atoms with E-state index in [4.69, 9.17) is 10.5 Å². The Morgan fingerprint density at radius 1 is 1.25 bits per heavy atom. The summed E-state index contributed by atoms with van der Waals surface area (Å²) < 4.78 is 20.5. The number of likely N-dealkylation sites (tertiary alicyclic amines) is 1. The van der Waals surface area contributed by atoms with Gasteiger partial charge < -0.3 is 31.1 Å². The molecule has 5 N–H and O–H groups in total. The first-order chi connectivity index (χ1) is 19.8. The molecule has 2 aliphatic rings. The molecule has 1 aliphatic heterocycles. The molecule has 4 rings (SSSR count). The van der Waals surface area contributed by atoms with Crippen LogP contribution in [0.1, 0.15) is 64.1 Å². The molecule has 3 amide bonds. The minimum absolute atomic E-state index is 0. The van der Waals surface area contributed by atoms with E-state index in [9.17, 15) is 23.9 Å². The summed E-state index contributed by atoms with van der Waals surface area (Å²) in [4.78, 5) is 46.3. The zero-order valence-electron chi connectivity index (χ0n) is 25.6. The van der Waals surface area contributed by atoms with E-state index in [0.29, 0.717) is 18.9 Å². The predicted octanol–water partition coefficient (Wildman–Crippen LogP) is 3.69. The Bertz CT molecular complexity index is 1300. The highest BCUT2D eigenvalue weighted by Gasteiger charge is 2.53. The van der Waals surface area contributed by atoms with Crippen molar-refractivity contribution in [1.29, 1.82) is 0 Å². The fourth-order valence-corrected chi connectivity index (χ4v) is 5.80. The first-order valence-electron chi connectivity index (χ1n) is 14.5. The Hall–Kier alpha value is -2.51. The normalized spacial score (nSPS) is 19.3. The van der Waals surface area contributed by atoms with Crippen LogP contribution in [0.15, 0.2) is 23.7 Å². The lowest BCUT2D eigenvalue weighted by atomic mass is 9.85. The Balaban J connectivity index is 0.00000337. The molecule has 1 aliphatic carbocycles. The number of ether oxygens (including phenoxy) is 1. The van der Waals surface area contributed by atoms with Crippen LogP contribution < -0.4 is 21.1 Å². The van der Waals surface area contributed by atoms with Gasteiger partial charge in [0.15, 0.2) is 5.67 Å². The maximum absolute atomic E-state index is 14.4. The summed E-state index contributed by atoms with van der Waals surface area (Å²) in [6.07, 6.45) is 1.03. The number of carbonyl (C=O) groups excluding carboxylic acids is 3. The van der Waals surface area contributed by atoms with Crippen LogP contribution in [0.5, 0.6) is 5.75 Å². The van der Waals surface area contributed by atoms with Gasteiger partial charge in [-0.15, -0.1) is 36.2 Å². The van der Waals surface area contributed by atoms with E-state index in [-0.39, 0.29) is 57.2 Å². The van der Waals surface area contributed by atoms with Crippen LogP contribution in [0.2, 0.25) is 0 Å². The van der Waals surface area contributed by atoms with Gasteiger partial charge in [-0.2, -0.15) is 0 Å². The number of rotatable bonds is 12. The van der Waals surface area contributed by atoms with Crippen molar-refractivity contribution in [2.75, 3.05) is 19.7 Å². The second-order valence-corrected chi connectivity index (χ2v) is 13.1. The van der Waals surface area contributed by atoms with E-state index in [1.54, 1.807) is 26.3 Å². The van der Waals surface area contributed by atoms with Crippen LogP contribution in [0, 0.1) is 12.3 Å². The molecule has 14 heteroatoms. The highest BCUT2D eigenvalue weighted by Crippen LogP contribution is 2.40. The molecule has 1 saturated heterocycles. The summed E-state index contributed by atoms with van der Waals surface area (Å²) >= 11 is 1.54. The van der Waals surface area contributed by atoms with Gasteiger partial charge in [0.1, 0.15) is 17.8 Å². The number of aliphatic hydroxyl groups excluding tert-OH is 1. The Morgan fingerprint density at radius 3 is 2.55 bits per heavy atom. The van der Waals surface area contributed by atoms with Gasteiger partial charge in [0.05, 0.1) is 28.8 Å². The van der Waals surface area contributed by atoms with Crippen LogP contribution in [0.25, 0.3) is 10.4 Å². The number of halogens is 3. The fourth-order valence-electron chi connectivity index (χ4n) is 5.00. The number of unbranched alkanes of at least 4 members (excludes halogenated alkanes) is 1. The van der Waals surface area contributed by atoms with Gasteiger partial charge in [-0.3, -0.25) is 14.4 Å². The second-order valence-electron chi connectivity index (χ2n) is 12.3. The number of aryl methyl sites for hydroxylation is 1. The molecule has 10 nitrogen and oxygen atoms in total. The number of nitrogens with one attached hydrogen (secondary N) is 2. The van der Waals surface area contributed by atoms with E-state index in [1.807, 2.05) is 25.1 Å². The monoisotopic (exact) mass is 675 g/mol. The summed E-state index contributed by atoms with van der Waals surface area (Å²) in [5.74, 6) is -1.13. The van der Waals surface area contributed by atoms with E-state index < -0.39 is 47.0 Å². The van der Waals surface area contributed by atoms with Crippen LogP contribution in [-0.2, 0) is 20.9 Å². The summed E-state index contributed by atoms with van der Waals surface area (Å²) in [5.41, 5.74) is 7.37. The van der Waals surface area contributed by atoms with Crippen molar-refractivity contribution >= 4 is 53.9 Å². The topological polar surface area (TPSA) is 147 Å². The third-order valence-corrected chi connectivity index (χ3v) is 8.71. The van der Waals surface area contributed by atoms with Gasteiger partial charge in [-0.25, -0.2) is 9.37 Å². The van der Waals surface area contributed by atoms with Gasteiger partial charge >= 0.3 is 0 Å². The van der Waals surface area contributed by atoms with Crippen LogP contribution in [0.4, 0.5) is 4.39 Å². The molecule has 3 atom stereocenters. The highest BCUT2D eigenvalue weighted by molar-refractivity contribution is 7.13. The zero-order valence-corrected chi connectivity index (χ0v) is 28.0. The third kappa shape index (κ3) is 9.03. The average molecular weight is 677 g/mol. The molecule has 1 aromatic heterocycles. The fraction of sp³-hybridized carbons (Fsp3) is 0.600. The number of benzene rings is 1. The number of carbonyl (C=O) groups is 3. The molecule has 2 fully saturated rings. The van der Waals surface area contributed by atoms with Crippen LogP contribution in [-0.4, -0.2) is 76.3 Å². The predicted molar refractivity (Wildman–Crippen MR) is 173 cm³/mol. The van der Waals surface area contributed by atoms with Crippen molar-refractivity contribution < 1.29 is 28.6 Å². The molecule has 1 aromatic carbocycles. The number of β-amino-alcohol motifs (C(OH)–C–C–N with tert-alkyl or cyclic N) is 1. The standard InChI is InChI=1S/C30H42FN5O5S.2ClH/c1-18-24(42-17-34-18)19-7-8-20(23(13-19)41-12-6-5-11-32)15-33-26(38)22-14-21(37)16-36(22)27(39)25(29(2,3)4)35-28(40)30(31)9-10-30;;/h7-8,13,17,21-22,25,37H,5-6,9-12,14-16,32H2,1-4H3,(H,33,38)(H,35,40);2*1H. The van der Waals surface area contributed by atoms with Gasteiger partial charge in [0.2, 0.25) is 11.8 Å². The van der Waals surface area contributed by atoms with Gasteiger partial charge in [0.25, 0.3) is 5.91 Å². The molecule has 1 saturated carbocycles.